The summed E-state index contributed by atoms with van der Waals surface area (Å²) in [6.45, 7) is 0.438. The van der Waals surface area contributed by atoms with Gasteiger partial charge in [0, 0.05) is 42.3 Å². The van der Waals surface area contributed by atoms with Gasteiger partial charge >= 0.3 is 6.18 Å². The minimum Gasteiger partial charge on any atom is -0.353 e. The predicted octanol–water partition coefficient (Wildman–Crippen LogP) is 5.63. The number of alkyl halides is 3. The Hall–Kier alpha value is -3.49. The van der Waals surface area contributed by atoms with E-state index >= 15 is 0 Å². The lowest BCUT2D eigenvalue weighted by Crippen LogP contribution is -2.31. The minimum atomic E-state index is -4.44. The Morgan fingerprint density at radius 2 is 1.65 bits per heavy atom. The molecule has 0 radical (unpaired) electrons. The van der Waals surface area contributed by atoms with Crippen molar-refractivity contribution < 1.29 is 13.2 Å². The second-order valence-electron chi connectivity index (χ2n) is 7.60. The summed E-state index contributed by atoms with van der Waals surface area (Å²) >= 11 is 0. The molecule has 0 amide bonds. The van der Waals surface area contributed by atoms with Gasteiger partial charge in [-0.3, -0.25) is 4.98 Å². The predicted molar refractivity (Wildman–Crippen MR) is 130 cm³/mol. The van der Waals surface area contributed by atoms with Crippen LogP contribution in [0.25, 0.3) is 22.4 Å². The molecule has 5 nitrogen and oxygen atoms in total. The number of benzene rings is 2. The van der Waals surface area contributed by atoms with Gasteiger partial charge in [0.25, 0.3) is 0 Å². The molecule has 2 aromatic carbocycles. The van der Waals surface area contributed by atoms with Crippen LogP contribution in [0.1, 0.15) is 11.1 Å². The number of aromatic nitrogens is 3. The van der Waals surface area contributed by atoms with Gasteiger partial charge in [-0.2, -0.15) is 13.2 Å². The van der Waals surface area contributed by atoms with E-state index in [1.807, 2.05) is 30.3 Å². The lowest BCUT2D eigenvalue weighted by atomic mass is 9.99. The topological polar surface area (TPSA) is 76.7 Å². The van der Waals surface area contributed by atoms with Crippen molar-refractivity contribution in [2.24, 2.45) is 5.73 Å². The first-order chi connectivity index (χ1) is 15.9. The van der Waals surface area contributed by atoms with Gasteiger partial charge in [0.1, 0.15) is 0 Å². The molecule has 0 saturated heterocycles. The van der Waals surface area contributed by atoms with Gasteiger partial charge in [0.15, 0.2) is 0 Å². The van der Waals surface area contributed by atoms with Crippen molar-refractivity contribution in [2.75, 3.05) is 11.9 Å². The number of nitrogens with one attached hydrogen (secondary N) is 1. The second kappa shape index (κ2) is 11.1. The van der Waals surface area contributed by atoms with Gasteiger partial charge in [-0.25, -0.2) is 9.97 Å². The summed E-state index contributed by atoms with van der Waals surface area (Å²) in [5, 5.41) is 3.15. The van der Waals surface area contributed by atoms with Crippen molar-refractivity contribution in [3.63, 3.8) is 0 Å². The van der Waals surface area contributed by atoms with Crippen LogP contribution in [-0.4, -0.2) is 27.5 Å². The number of rotatable bonds is 7. The molecule has 34 heavy (non-hydrogen) atoms. The zero-order chi connectivity index (χ0) is 23.3. The maximum atomic E-state index is 13.2. The highest BCUT2D eigenvalue weighted by atomic mass is 35.5. The number of nitrogens with zero attached hydrogens (tertiary/aromatic N) is 3. The van der Waals surface area contributed by atoms with Crippen LogP contribution in [0.4, 0.5) is 19.1 Å². The summed E-state index contributed by atoms with van der Waals surface area (Å²) in [5.41, 5.74) is 8.75. The summed E-state index contributed by atoms with van der Waals surface area (Å²) in [6.07, 6.45) is 0.993. The Morgan fingerprint density at radius 3 is 2.35 bits per heavy atom. The highest BCUT2D eigenvalue weighted by Gasteiger charge is 2.30. The Morgan fingerprint density at radius 1 is 0.912 bits per heavy atom. The van der Waals surface area contributed by atoms with Crippen LogP contribution >= 0.6 is 12.4 Å². The Labute approximate surface area is 201 Å². The molecule has 9 heteroatoms. The molecule has 176 valence electrons. The molecule has 0 saturated carbocycles. The lowest BCUT2D eigenvalue weighted by Gasteiger charge is -2.15. The molecule has 1 atom stereocenters. The minimum absolute atomic E-state index is 0. The SMILES string of the molecule is Cl.N[C@H](CNc1ncc(-c2cccc(C(F)(F)F)c2)c(-c2ccncc2)n1)Cc1ccccc1. The molecule has 4 rings (SSSR count). The van der Waals surface area contributed by atoms with Crippen molar-refractivity contribution in [3.8, 4) is 22.4 Å². The van der Waals surface area contributed by atoms with Crippen molar-refractivity contribution in [1.82, 2.24) is 15.0 Å². The van der Waals surface area contributed by atoms with E-state index in [0.717, 1.165) is 23.3 Å². The van der Waals surface area contributed by atoms with Crippen LogP contribution < -0.4 is 11.1 Å². The molecule has 0 unspecified atom stereocenters. The summed E-state index contributed by atoms with van der Waals surface area (Å²) in [5.74, 6) is 0.348. The number of halogens is 4. The summed E-state index contributed by atoms with van der Waals surface area (Å²) in [4.78, 5) is 13.0. The van der Waals surface area contributed by atoms with Gasteiger partial charge in [0.2, 0.25) is 5.95 Å². The van der Waals surface area contributed by atoms with Gasteiger partial charge in [-0.1, -0.05) is 42.5 Å². The summed E-state index contributed by atoms with van der Waals surface area (Å²) < 4.78 is 39.7. The van der Waals surface area contributed by atoms with Crippen LogP contribution in [0.15, 0.2) is 85.3 Å². The maximum absolute atomic E-state index is 13.2. The number of hydrogen-bond acceptors (Lipinski definition) is 5. The zero-order valence-electron chi connectivity index (χ0n) is 18.0. The van der Waals surface area contributed by atoms with Crippen LogP contribution in [-0.2, 0) is 12.6 Å². The monoisotopic (exact) mass is 485 g/mol. The first kappa shape index (κ1) is 25.1. The van der Waals surface area contributed by atoms with Gasteiger partial charge in [-0.15, -0.1) is 12.4 Å². The zero-order valence-corrected chi connectivity index (χ0v) is 18.9. The Balaban J connectivity index is 0.00000324. The van der Waals surface area contributed by atoms with E-state index in [4.69, 9.17) is 5.73 Å². The molecule has 4 aromatic rings. The van der Waals surface area contributed by atoms with Crippen molar-refractivity contribution in [3.05, 3.63) is 96.4 Å². The van der Waals surface area contributed by atoms with Gasteiger partial charge in [0.05, 0.1) is 11.3 Å². The van der Waals surface area contributed by atoms with E-state index < -0.39 is 11.7 Å². The average molecular weight is 486 g/mol. The second-order valence-corrected chi connectivity index (χ2v) is 7.60. The van der Waals surface area contributed by atoms with Crippen molar-refractivity contribution >= 4 is 18.4 Å². The highest BCUT2D eigenvalue weighted by molar-refractivity contribution is 5.85. The molecule has 2 aromatic heterocycles. The normalized spacial score (nSPS) is 12.0. The maximum Gasteiger partial charge on any atom is 0.416 e. The highest BCUT2D eigenvalue weighted by Crippen LogP contribution is 2.35. The van der Waals surface area contributed by atoms with E-state index in [9.17, 15) is 13.2 Å². The fourth-order valence-electron chi connectivity index (χ4n) is 3.48. The molecule has 0 fully saturated rings. The van der Waals surface area contributed by atoms with Crippen LogP contribution in [0.3, 0.4) is 0 Å². The molecular weight excluding hydrogens is 463 g/mol. The van der Waals surface area contributed by atoms with Gasteiger partial charge in [-0.05, 0) is 41.8 Å². The molecule has 3 N–H and O–H groups in total. The molecule has 2 heterocycles. The van der Waals surface area contributed by atoms with E-state index in [1.54, 1.807) is 30.6 Å². The molecule has 0 aliphatic rings. The van der Waals surface area contributed by atoms with E-state index in [-0.39, 0.29) is 18.4 Å². The molecule has 0 aliphatic heterocycles. The average Bonchev–Trinajstić information content (AvgIpc) is 2.83. The third-order valence-electron chi connectivity index (χ3n) is 5.11. The fourth-order valence-corrected chi connectivity index (χ4v) is 3.48. The number of nitrogens with two attached hydrogens (primary N) is 1. The Bertz CT molecular complexity index is 1200. The number of hydrogen-bond donors (Lipinski definition) is 2. The van der Waals surface area contributed by atoms with E-state index in [2.05, 4.69) is 20.3 Å². The molecule has 0 aliphatic carbocycles. The van der Waals surface area contributed by atoms with Crippen LogP contribution in [0.5, 0.6) is 0 Å². The van der Waals surface area contributed by atoms with Crippen molar-refractivity contribution in [1.29, 1.82) is 0 Å². The fraction of sp³-hybridized carbons (Fsp3) is 0.160. The van der Waals surface area contributed by atoms with Gasteiger partial charge < -0.3 is 11.1 Å². The molecule has 0 bridgehead atoms. The third-order valence-corrected chi connectivity index (χ3v) is 5.11. The van der Waals surface area contributed by atoms with Crippen LogP contribution in [0.2, 0.25) is 0 Å². The number of anilines is 1. The third kappa shape index (κ3) is 6.30. The summed E-state index contributed by atoms with van der Waals surface area (Å²) in [6, 6.07) is 18.4. The smallest absolute Gasteiger partial charge is 0.353 e. The summed E-state index contributed by atoms with van der Waals surface area (Å²) in [7, 11) is 0. The Kier molecular flexibility index (Phi) is 8.20. The van der Waals surface area contributed by atoms with E-state index in [1.165, 1.54) is 12.3 Å². The van der Waals surface area contributed by atoms with E-state index in [0.29, 0.717) is 35.7 Å². The lowest BCUT2D eigenvalue weighted by molar-refractivity contribution is -0.137. The molecule has 0 spiro atoms. The largest absolute Gasteiger partial charge is 0.416 e. The quantitative estimate of drug-likeness (QED) is 0.355. The van der Waals surface area contributed by atoms with Crippen molar-refractivity contribution in [2.45, 2.75) is 18.6 Å². The number of pyridine rings is 1. The van der Waals surface area contributed by atoms with Crippen LogP contribution in [0, 0.1) is 0 Å². The first-order valence-corrected chi connectivity index (χ1v) is 10.4. The molecular formula is C25H23ClF3N5. The first-order valence-electron chi connectivity index (χ1n) is 10.4. The standard InChI is InChI=1S/C25H22F3N5.ClH/c26-25(27,28)20-8-4-7-19(14-20)22-16-32-24(33-23(22)18-9-11-30-12-10-18)31-15-21(29)13-17-5-2-1-3-6-17;/h1-12,14,16,21H,13,15,29H2,(H,31,32,33);1H/t21-;/m0./s1.